The first kappa shape index (κ1) is 22.4. The Labute approximate surface area is 238 Å². The van der Waals surface area contributed by atoms with E-state index >= 15 is 0 Å². The minimum Gasteiger partial charge on any atom is -0.456 e. The second kappa shape index (κ2) is 8.32. The molecule has 0 radical (unpaired) electrons. The molecule has 0 atom stereocenters. The summed E-state index contributed by atoms with van der Waals surface area (Å²) in [6.45, 7) is 7.97. The van der Waals surface area contributed by atoms with Crippen molar-refractivity contribution >= 4 is 80.9 Å². The van der Waals surface area contributed by atoms with E-state index in [-0.39, 0.29) is 0 Å². The van der Waals surface area contributed by atoms with Crippen LogP contribution in [0.1, 0.15) is 0 Å². The summed E-state index contributed by atoms with van der Waals surface area (Å²) >= 11 is 1.72. The van der Waals surface area contributed by atoms with Gasteiger partial charge in [0.25, 0.3) is 0 Å². The maximum absolute atomic E-state index is 7.97. The standard InChI is InChI=1S/C37H20N2OS/c1-38-29-19-18-23(22-17-20-34-28(21-22)26-11-4-7-16-33(26)40-34)35-27-12-8-15-32(36(27)41-37(29)35)39-30-13-5-2-9-24(30)25-10-3-6-14-31(25)39/h2-21H. The van der Waals surface area contributed by atoms with Gasteiger partial charge in [0.15, 0.2) is 0 Å². The number of nitrogens with zero attached hydrogens (tertiary/aromatic N) is 2. The lowest BCUT2D eigenvalue weighted by Gasteiger charge is -2.10. The summed E-state index contributed by atoms with van der Waals surface area (Å²) in [4.78, 5) is 3.94. The molecule has 9 aromatic rings. The van der Waals surface area contributed by atoms with Crippen LogP contribution in [0.3, 0.4) is 0 Å². The van der Waals surface area contributed by atoms with E-state index in [2.05, 4.69) is 113 Å². The fraction of sp³-hybridized carbons (Fsp3) is 0. The third-order valence-corrected chi connectivity index (χ3v) is 9.48. The van der Waals surface area contributed by atoms with Crippen LogP contribution in [0.5, 0.6) is 0 Å². The summed E-state index contributed by atoms with van der Waals surface area (Å²) in [5, 5.41) is 7.00. The third kappa shape index (κ3) is 3.07. The van der Waals surface area contributed by atoms with E-state index in [0.29, 0.717) is 5.69 Å². The molecule has 6 aromatic carbocycles. The molecule has 4 heteroatoms. The van der Waals surface area contributed by atoms with E-state index in [4.69, 9.17) is 11.0 Å². The highest BCUT2D eigenvalue weighted by molar-refractivity contribution is 7.27. The quantitative estimate of drug-likeness (QED) is 0.200. The molecule has 0 N–H and O–H groups in total. The van der Waals surface area contributed by atoms with Crippen LogP contribution in [0, 0.1) is 6.57 Å². The van der Waals surface area contributed by atoms with Gasteiger partial charge in [0.2, 0.25) is 5.69 Å². The first-order valence-corrected chi connectivity index (χ1v) is 14.4. The Balaban J connectivity index is 1.38. The normalized spacial score (nSPS) is 11.9. The van der Waals surface area contributed by atoms with Crippen LogP contribution in [0.25, 0.3) is 85.6 Å². The van der Waals surface area contributed by atoms with Crippen LogP contribution in [0.4, 0.5) is 5.69 Å². The largest absolute Gasteiger partial charge is 0.456 e. The molecule has 0 aliphatic heterocycles. The maximum Gasteiger partial charge on any atom is 0.204 e. The monoisotopic (exact) mass is 540 g/mol. The molecule has 0 saturated heterocycles. The van der Waals surface area contributed by atoms with Crippen LogP contribution in [0.2, 0.25) is 0 Å². The SMILES string of the molecule is [C-]#[N+]c1ccc(-c2ccc3oc4ccccc4c3c2)c2c1sc1c(-n3c4ccccc4c4ccccc43)cccc12. The van der Waals surface area contributed by atoms with Crippen molar-refractivity contribution in [3.63, 3.8) is 0 Å². The van der Waals surface area contributed by atoms with Crippen LogP contribution >= 0.6 is 11.3 Å². The molecule has 0 saturated carbocycles. The van der Waals surface area contributed by atoms with E-state index < -0.39 is 0 Å². The van der Waals surface area contributed by atoms with Gasteiger partial charge >= 0.3 is 0 Å². The summed E-state index contributed by atoms with van der Waals surface area (Å²) in [7, 11) is 0. The molecule has 3 nitrogen and oxygen atoms in total. The number of hydrogen-bond donors (Lipinski definition) is 0. The maximum atomic E-state index is 7.97. The van der Waals surface area contributed by atoms with Gasteiger partial charge in [-0.2, -0.15) is 0 Å². The van der Waals surface area contributed by atoms with Crippen molar-refractivity contribution in [3.05, 3.63) is 133 Å². The Morgan fingerprint density at radius 2 is 1.27 bits per heavy atom. The molecule has 0 fully saturated rings. The molecule has 0 aliphatic carbocycles. The zero-order chi connectivity index (χ0) is 27.1. The van der Waals surface area contributed by atoms with Gasteiger partial charge < -0.3 is 8.98 Å². The topological polar surface area (TPSA) is 22.4 Å². The van der Waals surface area contributed by atoms with Gasteiger partial charge in [0.1, 0.15) is 11.2 Å². The van der Waals surface area contributed by atoms with Crippen molar-refractivity contribution < 1.29 is 4.42 Å². The molecule has 41 heavy (non-hydrogen) atoms. The van der Waals surface area contributed by atoms with E-state index in [0.717, 1.165) is 48.8 Å². The zero-order valence-corrected chi connectivity index (χ0v) is 22.6. The van der Waals surface area contributed by atoms with Gasteiger partial charge in [-0.05, 0) is 52.9 Å². The predicted molar refractivity (Wildman–Crippen MR) is 173 cm³/mol. The average Bonchev–Trinajstić information content (AvgIpc) is 3.70. The van der Waals surface area contributed by atoms with Crippen molar-refractivity contribution in [2.24, 2.45) is 0 Å². The molecule has 0 aliphatic rings. The number of aromatic nitrogens is 1. The lowest BCUT2D eigenvalue weighted by molar-refractivity contribution is 0.669. The molecule has 3 heterocycles. The molecule has 0 bridgehead atoms. The van der Waals surface area contributed by atoms with E-state index in [9.17, 15) is 0 Å². The number of furan rings is 1. The third-order valence-electron chi connectivity index (χ3n) is 8.23. The lowest BCUT2D eigenvalue weighted by atomic mass is 9.97. The van der Waals surface area contributed by atoms with Gasteiger partial charge in [-0.15, -0.1) is 11.3 Å². The molecule has 0 amide bonds. The van der Waals surface area contributed by atoms with Crippen molar-refractivity contribution in [2.45, 2.75) is 0 Å². The molecule has 9 rings (SSSR count). The first-order chi connectivity index (χ1) is 20.3. The highest BCUT2D eigenvalue weighted by atomic mass is 32.1. The Bertz CT molecular complexity index is 2500. The van der Waals surface area contributed by atoms with Crippen molar-refractivity contribution in [1.29, 1.82) is 0 Å². The molecular formula is C37H20N2OS. The van der Waals surface area contributed by atoms with E-state index in [1.165, 1.54) is 31.9 Å². The Morgan fingerprint density at radius 3 is 2.05 bits per heavy atom. The first-order valence-electron chi connectivity index (χ1n) is 13.6. The summed E-state index contributed by atoms with van der Waals surface area (Å²) in [6, 6.07) is 42.5. The minimum atomic E-state index is 0.688. The van der Waals surface area contributed by atoms with Crippen molar-refractivity contribution in [1.82, 2.24) is 4.57 Å². The molecule has 3 aromatic heterocycles. The minimum absolute atomic E-state index is 0.688. The van der Waals surface area contributed by atoms with Crippen LogP contribution in [-0.2, 0) is 0 Å². The highest BCUT2D eigenvalue weighted by Crippen LogP contribution is 2.48. The second-order valence-electron chi connectivity index (χ2n) is 10.4. The smallest absolute Gasteiger partial charge is 0.204 e. The number of thiophene rings is 1. The van der Waals surface area contributed by atoms with E-state index in [1.54, 1.807) is 11.3 Å². The molecule has 0 unspecified atom stereocenters. The predicted octanol–water partition coefficient (Wildman–Crippen LogP) is 11.3. The second-order valence-corrected chi connectivity index (χ2v) is 11.4. The van der Waals surface area contributed by atoms with Gasteiger partial charge in [0, 0.05) is 31.6 Å². The Hall–Kier alpha value is -5.37. The summed E-state index contributed by atoms with van der Waals surface area (Å²) in [5.41, 5.74) is 8.21. The van der Waals surface area contributed by atoms with Gasteiger partial charge in [0.05, 0.1) is 28.0 Å². The van der Waals surface area contributed by atoms with Gasteiger partial charge in [-0.25, -0.2) is 4.85 Å². The Morgan fingerprint density at radius 1 is 0.585 bits per heavy atom. The Kier molecular flexibility index (Phi) is 4.55. The number of rotatable bonds is 2. The molecule has 0 spiro atoms. The lowest BCUT2D eigenvalue weighted by Crippen LogP contribution is -1.93. The van der Waals surface area contributed by atoms with Crippen molar-refractivity contribution in [3.8, 4) is 16.8 Å². The average molecular weight is 541 g/mol. The van der Waals surface area contributed by atoms with Crippen molar-refractivity contribution in [2.75, 3.05) is 0 Å². The summed E-state index contributed by atoms with van der Waals surface area (Å²) < 4.78 is 10.7. The van der Waals surface area contributed by atoms with Crippen LogP contribution < -0.4 is 0 Å². The van der Waals surface area contributed by atoms with Gasteiger partial charge in [-0.1, -0.05) is 84.9 Å². The van der Waals surface area contributed by atoms with Crippen LogP contribution in [0.15, 0.2) is 126 Å². The highest BCUT2D eigenvalue weighted by Gasteiger charge is 2.20. The molecule has 190 valence electrons. The van der Waals surface area contributed by atoms with Gasteiger partial charge in [-0.3, -0.25) is 0 Å². The van der Waals surface area contributed by atoms with Crippen LogP contribution in [-0.4, -0.2) is 4.57 Å². The number of hydrogen-bond acceptors (Lipinski definition) is 2. The fourth-order valence-electron chi connectivity index (χ4n) is 6.45. The summed E-state index contributed by atoms with van der Waals surface area (Å²) in [5.74, 6) is 0. The molecular weight excluding hydrogens is 520 g/mol. The zero-order valence-electron chi connectivity index (χ0n) is 21.8. The summed E-state index contributed by atoms with van der Waals surface area (Å²) in [6.07, 6.45) is 0. The number of fused-ring (bicyclic) bond motifs is 9. The van der Waals surface area contributed by atoms with E-state index in [1.807, 2.05) is 18.2 Å². The fourth-order valence-corrected chi connectivity index (χ4v) is 7.74. The number of para-hydroxylation sites is 3. The number of benzene rings is 6.